The molecule has 0 spiro atoms. The highest BCUT2D eigenvalue weighted by molar-refractivity contribution is 5.94. The third-order valence-corrected chi connectivity index (χ3v) is 2.48. The van der Waals surface area contributed by atoms with Crippen molar-refractivity contribution in [2.24, 2.45) is 0 Å². The summed E-state index contributed by atoms with van der Waals surface area (Å²) in [6.45, 7) is 4.52. The molecular weight excluding hydrogens is 299 g/mol. The van der Waals surface area contributed by atoms with Gasteiger partial charge in [-0.25, -0.2) is 4.98 Å². The third kappa shape index (κ3) is 7.53. The minimum absolute atomic E-state index is 0. The van der Waals surface area contributed by atoms with Crippen LogP contribution in [0.5, 0.6) is 0 Å². The van der Waals surface area contributed by atoms with Crippen LogP contribution in [0.15, 0.2) is 18.3 Å². The van der Waals surface area contributed by atoms with Crippen molar-refractivity contribution in [2.45, 2.75) is 13.3 Å². The quantitative estimate of drug-likeness (QED) is 0.750. The third-order valence-electron chi connectivity index (χ3n) is 2.48. The zero-order valence-electron chi connectivity index (χ0n) is 12.2. The minimum Gasteiger partial charge on any atom is -0.363 e. The topological polar surface area (TPSA) is 57.3 Å². The van der Waals surface area contributed by atoms with Crippen molar-refractivity contribution >= 4 is 36.5 Å². The lowest BCUT2D eigenvalue weighted by Crippen LogP contribution is -2.32. The van der Waals surface area contributed by atoms with E-state index in [0.29, 0.717) is 12.1 Å². The van der Waals surface area contributed by atoms with Crippen molar-refractivity contribution < 1.29 is 4.79 Å². The van der Waals surface area contributed by atoms with Crippen molar-refractivity contribution in [3.05, 3.63) is 23.9 Å². The lowest BCUT2D eigenvalue weighted by molar-refractivity contribution is 0.0953. The summed E-state index contributed by atoms with van der Waals surface area (Å²) in [5.74, 6) is 0.766. The Morgan fingerprint density at radius 3 is 2.40 bits per heavy atom. The van der Waals surface area contributed by atoms with E-state index in [1.165, 1.54) is 0 Å². The van der Waals surface area contributed by atoms with E-state index in [1.54, 1.807) is 12.3 Å². The summed E-state index contributed by atoms with van der Waals surface area (Å²) in [6.07, 6.45) is 2.70. The van der Waals surface area contributed by atoms with Crippen LogP contribution in [-0.2, 0) is 0 Å². The van der Waals surface area contributed by atoms with Crippen LogP contribution in [0.4, 0.5) is 5.82 Å². The maximum absolute atomic E-state index is 11.8. The summed E-state index contributed by atoms with van der Waals surface area (Å²) >= 11 is 0. The number of aromatic nitrogens is 1. The lowest BCUT2D eigenvalue weighted by Gasteiger charge is -2.11. The van der Waals surface area contributed by atoms with Gasteiger partial charge in [0.25, 0.3) is 5.91 Å². The number of amides is 1. The molecule has 0 aliphatic rings. The summed E-state index contributed by atoms with van der Waals surface area (Å²) in [5, 5.41) is 6.08. The Bertz CT molecular complexity index is 371. The Hall–Kier alpha value is -1.04. The number of nitrogens with zero attached hydrogens (tertiary/aromatic N) is 2. The number of hydrogen-bond acceptors (Lipinski definition) is 4. The van der Waals surface area contributed by atoms with Crippen LogP contribution in [0.1, 0.15) is 23.7 Å². The molecule has 0 aliphatic heterocycles. The highest BCUT2D eigenvalue weighted by atomic mass is 35.5. The monoisotopic (exact) mass is 322 g/mol. The second-order valence-electron chi connectivity index (χ2n) is 4.31. The molecule has 1 aromatic rings. The van der Waals surface area contributed by atoms with Crippen molar-refractivity contribution in [1.82, 2.24) is 15.6 Å². The molecule has 0 bridgehead atoms. The first kappa shape index (κ1) is 21.3. The van der Waals surface area contributed by atoms with Gasteiger partial charge in [-0.15, -0.1) is 24.8 Å². The molecule has 0 fully saturated rings. The average molecular weight is 323 g/mol. The van der Waals surface area contributed by atoms with Crippen LogP contribution in [0.25, 0.3) is 0 Å². The fourth-order valence-electron chi connectivity index (χ4n) is 1.45. The van der Waals surface area contributed by atoms with Gasteiger partial charge in [-0.1, -0.05) is 6.92 Å². The summed E-state index contributed by atoms with van der Waals surface area (Å²) in [6, 6.07) is 3.63. The van der Waals surface area contributed by atoms with Crippen LogP contribution < -0.4 is 15.5 Å². The van der Waals surface area contributed by atoms with Crippen LogP contribution >= 0.6 is 24.8 Å². The molecule has 0 aliphatic carbocycles. The Kier molecular flexibility index (Phi) is 12.5. The van der Waals surface area contributed by atoms with Gasteiger partial charge >= 0.3 is 0 Å². The van der Waals surface area contributed by atoms with E-state index < -0.39 is 0 Å². The van der Waals surface area contributed by atoms with E-state index in [2.05, 4.69) is 22.5 Å². The Morgan fingerprint density at radius 2 is 1.90 bits per heavy atom. The molecule has 0 radical (unpaired) electrons. The first-order valence-corrected chi connectivity index (χ1v) is 6.27. The molecule has 1 rings (SSSR count). The van der Waals surface area contributed by atoms with E-state index in [4.69, 9.17) is 0 Å². The summed E-state index contributed by atoms with van der Waals surface area (Å²) in [5.41, 5.74) is 0.594. The normalized spacial score (nSPS) is 9.15. The van der Waals surface area contributed by atoms with Gasteiger partial charge < -0.3 is 15.5 Å². The van der Waals surface area contributed by atoms with Crippen LogP contribution in [-0.4, -0.2) is 44.6 Å². The standard InChI is InChI=1S/C13H22N4O.2ClH/c1-4-7-14-8-9-15-13(18)11-5-6-12(16-10-11)17(2)3;;/h5-6,10,14H,4,7-9H2,1-3H3,(H,15,18);2*1H. The molecule has 0 aromatic carbocycles. The Labute approximate surface area is 133 Å². The maximum Gasteiger partial charge on any atom is 0.252 e. The van der Waals surface area contributed by atoms with Crippen molar-refractivity contribution in [1.29, 1.82) is 0 Å². The number of rotatable bonds is 7. The molecule has 0 atom stereocenters. The molecule has 0 saturated heterocycles. The molecule has 0 unspecified atom stereocenters. The molecule has 1 aromatic heterocycles. The summed E-state index contributed by atoms with van der Waals surface area (Å²) in [7, 11) is 3.84. The Balaban J connectivity index is 0. The predicted molar refractivity (Wildman–Crippen MR) is 88.6 cm³/mol. The van der Waals surface area contributed by atoms with E-state index in [-0.39, 0.29) is 30.7 Å². The molecule has 2 N–H and O–H groups in total. The van der Waals surface area contributed by atoms with Gasteiger partial charge in [0, 0.05) is 33.4 Å². The van der Waals surface area contributed by atoms with Crippen molar-refractivity contribution in [3.8, 4) is 0 Å². The fraction of sp³-hybridized carbons (Fsp3) is 0.538. The van der Waals surface area contributed by atoms with E-state index in [1.807, 2.05) is 25.1 Å². The summed E-state index contributed by atoms with van der Waals surface area (Å²) < 4.78 is 0. The van der Waals surface area contributed by atoms with Gasteiger partial charge in [0.15, 0.2) is 0 Å². The summed E-state index contributed by atoms with van der Waals surface area (Å²) in [4.78, 5) is 17.9. The molecule has 5 nitrogen and oxygen atoms in total. The lowest BCUT2D eigenvalue weighted by atomic mass is 10.2. The molecule has 0 saturated carbocycles. The molecule has 1 heterocycles. The molecule has 20 heavy (non-hydrogen) atoms. The number of hydrogen-bond donors (Lipinski definition) is 2. The molecular formula is C13H24Cl2N4O. The van der Waals surface area contributed by atoms with Crippen molar-refractivity contribution in [2.75, 3.05) is 38.6 Å². The van der Waals surface area contributed by atoms with Crippen LogP contribution in [0, 0.1) is 0 Å². The van der Waals surface area contributed by atoms with E-state index >= 15 is 0 Å². The number of pyridine rings is 1. The van der Waals surface area contributed by atoms with Crippen LogP contribution in [0.3, 0.4) is 0 Å². The van der Waals surface area contributed by atoms with Crippen molar-refractivity contribution in [3.63, 3.8) is 0 Å². The predicted octanol–water partition coefficient (Wildman–Crippen LogP) is 1.72. The zero-order chi connectivity index (χ0) is 13.4. The Morgan fingerprint density at radius 1 is 1.20 bits per heavy atom. The van der Waals surface area contributed by atoms with Gasteiger partial charge in [0.2, 0.25) is 0 Å². The SMILES string of the molecule is CCCNCCNC(=O)c1ccc(N(C)C)nc1.Cl.Cl. The number of nitrogens with one attached hydrogen (secondary N) is 2. The molecule has 1 amide bonds. The van der Waals surface area contributed by atoms with Gasteiger partial charge in [0.05, 0.1) is 5.56 Å². The van der Waals surface area contributed by atoms with Crippen LogP contribution in [0.2, 0.25) is 0 Å². The minimum atomic E-state index is -0.0777. The highest BCUT2D eigenvalue weighted by Gasteiger charge is 2.05. The second-order valence-corrected chi connectivity index (χ2v) is 4.31. The smallest absolute Gasteiger partial charge is 0.252 e. The first-order valence-electron chi connectivity index (χ1n) is 6.27. The maximum atomic E-state index is 11.8. The number of carbonyl (C=O) groups is 1. The number of anilines is 1. The van der Waals surface area contributed by atoms with Gasteiger partial charge in [0.1, 0.15) is 5.82 Å². The number of carbonyl (C=O) groups excluding carboxylic acids is 1. The van der Waals surface area contributed by atoms with Gasteiger partial charge in [-0.2, -0.15) is 0 Å². The second kappa shape index (κ2) is 11.8. The largest absolute Gasteiger partial charge is 0.363 e. The molecule has 7 heteroatoms. The van der Waals surface area contributed by atoms with Gasteiger partial charge in [-0.3, -0.25) is 4.79 Å². The average Bonchev–Trinajstić information content (AvgIpc) is 2.38. The zero-order valence-corrected chi connectivity index (χ0v) is 13.8. The fourth-order valence-corrected chi connectivity index (χ4v) is 1.45. The van der Waals surface area contributed by atoms with E-state index in [9.17, 15) is 4.79 Å². The van der Waals surface area contributed by atoms with E-state index in [0.717, 1.165) is 25.3 Å². The highest BCUT2D eigenvalue weighted by Crippen LogP contribution is 2.07. The first-order chi connectivity index (χ1) is 8.65. The molecule has 116 valence electrons. The number of halogens is 2. The van der Waals surface area contributed by atoms with Gasteiger partial charge in [-0.05, 0) is 25.1 Å².